The first-order chi connectivity index (χ1) is 12.2. The number of aromatic nitrogens is 1. The van der Waals surface area contributed by atoms with E-state index in [1.807, 2.05) is 17.4 Å². The fourth-order valence-electron chi connectivity index (χ4n) is 3.30. The number of pyridine rings is 1. The zero-order chi connectivity index (χ0) is 17.2. The molecule has 3 aromatic heterocycles. The van der Waals surface area contributed by atoms with Crippen LogP contribution in [-0.4, -0.2) is 18.1 Å². The highest BCUT2D eigenvalue weighted by molar-refractivity contribution is 9.10. The lowest BCUT2D eigenvalue weighted by atomic mass is 9.99. The summed E-state index contributed by atoms with van der Waals surface area (Å²) in [5.41, 5.74) is 2.06. The van der Waals surface area contributed by atoms with Crippen LogP contribution in [0.4, 0.5) is 5.69 Å². The summed E-state index contributed by atoms with van der Waals surface area (Å²) in [4.78, 5) is 7.32. The van der Waals surface area contributed by atoms with Crippen molar-refractivity contribution in [2.24, 2.45) is 0 Å². The molecule has 3 nitrogen and oxygen atoms in total. The maximum Gasteiger partial charge on any atom is 0.131 e. The molecule has 3 aromatic rings. The standard InChI is InChI=1S/C18H19BrClN3S2/c19-15-16-18(25-17(15)11-3-1-6-21-7-5-11)13(9-14(20)23-16)22-10-12-4-2-8-24-12/h2,4,8-9,11,21H,1,3,5-7,10H2,(H,22,23)/t11-/m0/s1. The van der Waals surface area contributed by atoms with Gasteiger partial charge in [0.1, 0.15) is 5.15 Å². The predicted molar refractivity (Wildman–Crippen MR) is 113 cm³/mol. The van der Waals surface area contributed by atoms with Crippen LogP contribution < -0.4 is 10.6 Å². The summed E-state index contributed by atoms with van der Waals surface area (Å²) in [6.07, 6.45) is 3.63. The summed E-state index contributed by atoms with van der Waals surface area (Å²) in [7, 11) is 0. The van der Waals surface area contributed by atoms with Crippen LogP contribution in [-0.2, 0) is 6.54 Å². The average molecular weight is 457 g/mol. The van der Waals surface area contributed by atoms with Crippen molar-refractivity contribution in [3.05, 3.63) is 43.0 Å². The zero-order valence-electron chi connectivity index (χ0n) is 13.6. The van der Waals surface area contributed by atoms with Gasteiger partial charge in [-0.25, -0.2) is 4.98 Å². The van der Waals surface area contributed by atoms with Crippen LogP contribution in [0.3, 0.4) is 0 Å². The summed E-state index contributed by atoms with van der Waals surface area (Å²) in [5, 5.41) is 9.69. The third-order valence-corrected chi connectivity index (χ3v) is 8.07. The van der Waals surface area contributed by atoms with Crippen LogP contribution in [0, 0.1) is 0 Å². The van der Waals surface area contributed by atoms with E-state index in [1.54, 1.807) is 11.3 Å². The van der Waals surface area contributed by atoms with E-state index >= 15 is 0 Å². The van der Waals surface area contributed by atoms with Crippen LogP contribution in [0.1, 0.15) is 34.9 Å². The van der Waals surface area contributed by atoms with E-state index < -0.39 is 0 Å². The second-order valence-electron chi connectivity index (χ2n) is 6.26. The van der Waals surface area contributed by atoms with E-state index in [9.17, 15) is 0 Å². The Balaban J connectivity index is 1.69. The molecule has 1 saturated heterocycles. The molecule has 1 atom stereocenters. The summed E-state index contributed by atoms with van der Waals surface area (Å²) >= 11 is 13.7. The van der Waals surface area contributed by atoms with E-state index in [1.165, 1.54) is 33.7 Å². The van der Waals surface area contributed by atoms with Gasteiger partial charge in [0.2, 0.25) is 0 Å². The van der Waals surface area contributed by atoms with Gasteiger partial charge in [0.05, 0.1) is 20.4 Å². The van der Waals surface area contributed by atoms with Gasteiger partial charge in [0.25, 0.3) is 0 Å². The van der Waals surface area contributed by atoms with Crippen molar-refractivity contribution in [3.63, 3.8) is 0 Å². The Kier molecular flexibility index (Phi) is 5.62. The SMILES string of the molecule is Clc1cc(NCc2cccs2)c2sc([C@H]3CCCNCC3)c(Br)c2n1. The number of anilines is 1. The molecular weight excluding hydrogens is 438 g/mol. The molecule has 0 spiro atoms. The van der Waals surface area contributed by atoms with Gasteiger partial charge in [-0.2, -0.15) is 0 Å². The molecular formula is C18H19BrClN3S2. The van der Waals surface area contributed by atoms with Gasteiger partial charge in [-0.15, -0.1) is 22.7 Å². The summed E-state index contributed by atoms with van der Waals surface area (Å²) < 4.78 is 2.32. The molecule has 0 amide bonds. The van der Waals surface area contributed by atoms with Gasteiger partial charge in [0, 0.05) is 22.4 Å². The second-order valence-corrected chi connectivity index (χ2v) is 9.53. The Bertz CT molecular complexity index is 855. The number of thiophene rings is 2. The van der Waals surface area contributed by atoms with Gasteiger partial charge in [0.15, 0.2) is 0 Å². The van der Waals surface area contributed by atoms with Crippen LogP contribution in [0.5, 0.6) is 0 Å². The number of halogens is 2. The Labute approximate surface area is 168 Å². The predicted octanol–water partition coefficient (Wildman–Crippen LogP) is 6.24. The number of nitrogens with zero attached hydrogens (tertiary/aromatic N) is 1. The zero-order valence-corrected chi connectivity index (χ0v) is 17.6. The minimum Gasteiger partial charge on any atom is -0.379 e. The van der Waals surface area contributed by atoms with Gasteiger partial charge in [-0.05, 0) is 65.6 Å². The van der Waals surface area contributed by atoms with Crippen molar-refractivity contribution in [1.29, 1.82) is 0 Å². The van der Waals surface area contributed by atoms with Gasteiger partial charge in [-0.1, -0.05) is 17.7 Å². The molecule has 7 heteroatoms. The average Bonchev–Trinajstić information content (AvgIpc) is 3.14. The Hall–Kier alpha value is -0.660. The molecule has 1 aliphatic rings. The largest absolute Gasteiger partial charge is 0.379 e. The number of nitrogens with one attached hydrogen (secondary N) is 2. The number of hydrogen-bond acceptors (Lipinski definition) is 5. The maximum absolute atomic E-state index is 6.30. The Morgan fingerprint density at radius 1 is 1.36 bits per heavy atom. The summed E-state index contributed by atoms with van der Waals surface area (Å²) in [5.74, 6) is 0.590. The van der Waals surface area contributed by atoms with Crippen LogP contribution in [0.25, 0.3) is 10.2 Å². The first-order valence-electron chi connectivity index (χ1n) is 8.48. The van der Waals surface area contributed by atoms with Gasteiger partial charge < -0.3 is 10.6 Å². The van der Waals surface area contributed by atoms with E-state index in [-0.39, 0.29) is 0 Å². The first kappa shape index (κ1) is 17.7. The third kappa shape index (κ3) is 3.88. The maximum atomic E-state index is 6.30. The molecule has 0 bridgehead atoms. The van der Waals surface area contributed by atoms with E-state index in [4.69, 9.17) is 11.6 Å². The monoisotopic (exact) mass is 455 g/mol. The molecule has 0 aromatic carbocycles. The molecule has 25 heavy (non-hydrogen) atoms. The highest BCUT2D eigenvalue weighted by Crippen LogP contribution is 2.45. The van der Waals surface area contributed by atoms with Gasteiger partial charge >= 0.3 is 0 Å². The highest BCUT2D eigenvalue weighted by atomic mass is 79.9. The van der Waals surface area contributed by atoms with Crippen molar-refractivity contribution in [2.45, 2.75) is 31.7 Å². The minimum atomic E-state index is 0.536. The topological polar surface area (TPSA) is 37.0 Å². The van der Waals surface area contributed by atoms with E-state index in [0.717, 1.165) is 35.3 Å². The lowest BCUT2D eigenvalue weighted by molar-refractivity contribution is 0.617. The Morgan fingerprint density at radius 3 is 3.12 bits per heavy atom. The van der Waals surface area contributed by atoms with Crippen molar-refractivity contribution in [3.8, 4) is 0 Å². The molecule has 1 aliphatic heterocycles. The normalized spacial score (nSPS) is 18.4. The van der Waals surface area contributed by atoms with Crippen molar-refractivity contribution in [2.75, 3.05) is 18.4 Å². The fourth-order valence-corrected chi connectivity index (χ4v) is 6.41. The van der Waals surface area contributed by atoms with Crippen molar-refractivity contribution in [1.82, 2.24) is 10.3 Å². The first-order valence-corrected chi connectivity index (χ1v) is 11.3. The molecule has 132 valence electrons. The molecule has 0 saturated carbocycles. The minimum absolute atomic E-state index is 0.536. The molecule has 4 rings (SSSR count). The lowest BCUT2D eigenvalue weighted by Crippen LogP contribution is -2.13. The number of hydrogen-bond donors (Lipinski definition) is 2. The molecule has 0 aliphatic carbocycles. The molecule has 1 fully saturated rings. The van der Waals surface area contributed by atoms with Crippen LogP contribution >= 0.6 is 50.2 Å². The fraction of sp³-hybridized carbons (Fsp3) is 0.389. The second kappa shape index (κ2) is 7.92. The lowest BCUT2D eigenvalue weighted by Gasteiger charge is -2.11. The highest BCUT2D eigenvalue weighted by Gasteiger charge is 2.23. The molecule has 0 radical (unpaired) electrons. The summed E-state index contributed by atoms with van der Waals surface area (Å²) in [6.45, 7) is 3.02. The number of fused-ring (bicyclic) bond motifs is 1. The Morgan fingerprint density at radius 2 is 2.28 bits per heavy atom. The molecule has 0 unspecified atom stereocenters. The molecule has 2 N–H and O–H groups in total. The van der Waals surface area contributed by atoms with Crippen LogP contribution in [0.2, 0.25) is 5.15 Å². The summed E-state index contributed by atoms with van der Waals surface area (Å²) in [6, 6.07) is 6.17. The van der Waals surface area contributed by atoms with Crippen LogP contribution in [0.15, 0.2) is 28.1 Å². The van der Waals surface area contributed by atoms with Gasteiger partial charge in [-0.3, -0.25) is 0 Å². The number of rotatable bonds is 4. The van der Waals surface area contributed by atoms with E-state index in [2.05, 4.69) is 49.1 Å². The van der Waals surface area contributed by atoms with E-state index in [0.29, 0.717) is 11.1 Å². The van der Waals surface area contributed by atoms with Crippen molar-refractivity contribution < 1.29 is 0 Å². The van der Waals surface area contributed by atoms with Crippen molar-refractivity contribution >= 4 is 66.1 Å². The quantitative estimate of drug-likeness (QED) is 0.456. The smallest absolute Gasteiger partial charge is 0.131 e. The molecule has 4 heterocycles. The third-order valence-electron chi connectivity index (χ3n) is 4.56.